The van der Waals surface area contributed by atoms with Crippen LogP contribution in [-0.4, -0.2) is 20.1 Å². The first-order chi connectivity index (χ1) is 6.15. The molecule has 0 spiro atoms. The van der Waals surface area contributed by atoms with Gasteiger partial charge in [0.15, 0.2) is 0 Å². The molecule has 1 aromatic carbocycles. The number of carbonyl (C=O) groups excluding carboxylic acids is 1. The summed E-state index contributed by atoms with van der Waals surface area (Å²) in [5.41, 5.74) is 7.00. The fourth-order valence-electron chi connectivity index (χ4n) is 1.02. The summed E-state index contributed by atoms with van der Waals surface area (Å²) in [6, 6.07) is 7.00. The van der Waals surface area contributed by atoms with Gasteiger partial charge in [0.1, 0.15) is 0 Å². The molecule has 4 heteroatoms. The van der Waals surface area contributed by atoms with Crippen LogP contribution in [0.25, 0.3) is 0 Å². The number of hydrogen-bond acceptors (Lipinski definition) is 2. The predicted octanol–water partition coefficient (Wildman–Crippen LogP) is 1.04. The van der Waals surface area contributed by atoms with Gasteiger partial charge in [-0.3, -0.25) is 4.90 Å². The van der Waals surface area contributed by atoms with Gasteiger partial charge in [0.25, 0.3) is 0 Å². The van der Waals surface area contributed by atoms with Gasteiger partial charge in [-0.2, -0.15) is 0 Å². The van der Waals surface area contributed by atoms with Crippen molar-refractivity contribution in [3.63, 3.8) is 0 Å². The van der Waals surface area contributed by atoms with Crippen molar-refractivity contribution < 1.29 is 4.79 Å². The van der Waals surface area contributed by atoms with E-state index in [2.05, 4.69) is 5.32 Å². The molecule has 0 radical (unpaired) electrons. The lowest BCUT2D eigenvalue weighted by atomic mass is 10.3. The van der Waals surface area contributed by atoms with Crippen LogP contribution in [0.3, 0.4) is 0 Å². The molecule has 2 amide bonds. The van der Waals surface area contributed by atoms with Crippen LogP contribution in [0.5, 0.6) is 0 Å². The molecule has 0 atom stereocenters. The number of anilines is 2. The van der Waals surface area contributed by atoms with Crippen molar-refractivity contribution in [3.05, 3.63) is 24.3 Å². The average Bonchev–Trinajstić information content (AvgIpc) is 2.15. The van der Waals surface area contributed by atoms with Crippen LogP contribution < -0.4 is 16.0 Å². The molecule has 4 nitrogen and oxygen atoms in total. The first-order valence-electron chi connectivity index (χ1n) is 3.96. The Labute approximate surface area is 77.3 Å². The summed E-state index contributed by atoms with van der Waals surface area (Å²) in [4.78, 5) is 12.7. The fourth-order valence-corrected chi connectivity index (χ4v) is 1.02. The number of nitrogens with one attached hydrogen (secondary N) is 1. The van der Waals surface area contributed by atoms with Gasteiger partial charge in [0.2, 0.25) is 0 Å². The van der Waals surface area contributed by atoms with Gasteiger partial charge in [-0.1, -0.05) is 6.07 Å². The van der Waals surface area contributed by atoms with Crippen LogP contribution in [-0.2, 0) is 0 Å². The number of hydrogen-bond donors (Lipinski definition) is 2. The van der Waals surface area contributed by atoms with E-state index in [9.17, 15) is 4.79 Å². The molecule has 0 aliphatic rings. The maximum absolute atomic E-state index is 11.2. The summed E-state index contributed by atoms with van der Waals surface area (Å²) in [5, 5.41) is 2.53. The van der Waals surface area contributed by atoms with Gasteiger partial charge in [-0.15, -0.1) is 0 Å². The highest BCUT2D eigenvalue weighted by atomic mass is 16.2. The van der Waals surface area contributed by atoms with E-state index < -0.39 is 0 Å². The lowest BCUT2D eigenvalue weighted by Gasteiger charge is -2.16. The summed E-state index contributed by atoms with van der Waals surface area (Å²) >= 11 is 0. The Morgan fingerprint density at radius 3 is 2.77 bits per heavy atom. The minimum Gasteiger partial charge on any atom is -0.399 e. The second kappa shape index (κ2) is 3.80. The van der Waals surface area contributed by atoms with Gasteiger partial charge in [-0.25, -0.2) is 4.79 Å². The highest BCUT2D eigenvalue weighted by Crippen LogP contribution is 2.15. The van der Waals surface area contributed by atoms with Gasteiger partial charge in [-0.05, 0) is 18.2 Å². The summed E-state index contributed by atoms with van der Waals surface area (Å²) in [7, 11) is 3.28. The SMILES string of the molecule is CNC(=O)N(C)c1cccc(N)c1. The van der Waals surface area contributed by atoms with Crippen LogP contribution in [0.4, 0.5) is 16.2 Å². The lowest BCUT2D eigenvalue weighted by molar-refractivity contribution is 0.249. The van der Waals surface area contributed by atoms with Crippen molar-refractivity contribution in [1.82, 2.24) is 5.32 Å². The topological polar surface area (TPSA) is 58.4 Å². The molecule has 0 saturated heterocycles. The van der Waals surface area contributed by atoms with Crippen LogP contribution >= 0.6 is 0 Å². The summed E-state index contributed by atoms with van der Waals surface area (Å²) in [6.45, 7) is 0. The largest absolute Gasteiger partial charge is 0.399 e. The molecule has 0 heterocycles. The van der Waals surface area contributed by atoms with Crippen molar-refractivity contribution in [3.8, 4) is 0 Å². The normalized spacial score (nSPS) is 9.38. The number of urea groups is 1. The zero-order chi connectivity index (χ0) is 9.84. The molecule has 0 unspecified atom stereocenters. The number of amides is 2. The van der Waals surface area contributed by atoms with E-state index in [1.54, 1.807) is 26.2 Å². The molecule has 70 valence electrons. The Balaban J connectivity index is 2.88. The van der Waals surface area contributed by atoms with Gasteiger partial charge >= 0.3 is 6.03 Å². The number of benzene rings is 1. The molecule has 0 aliphatic heterocycles. The summed E-state index contributed by atoms with van der Waals surface area (Å²) < 4.78 is 0. The Bertz CT molecular complexity index is 311. The molecule has 0 saturated carbocycles. The molecule has 3 N–H and O–H groups in total. The summed E-state index contributed by atoms with van der Waals surface area (Å²) in [5.74, 6) is 0. The highest BCUT2D eigenvalue weighted by Gasteiger charge is 2.07. The summed E-state index contributed by atoms with van der Waals surface area (Å²) in [6.07, 6.45) is 0. The minimum absolute atomic E-state index is 0.161. The smallest absolute Gasteiger partial charge is 0.321 e. The third-order valence-corrected chi connectivity index (χ3v) is 1.78. The lowest BCUT2D eigenvalue weighted by Crippen LogP contribution is -2.34. The van der Waals surface area contributed by atoms with Crippen molar-refractivity contribution in [1.29, 1.82) is 0 Å². The molecule has 0 aromatic heterocycles. The Morgan fingerprint density at radius 1 is 1.54 bits per heavy atom. The van der Waals surface area contributed by atoms with E-state index >= 15 is 0 Å². The number of rotatable bonds is 1. The van der Waals surface area contributed by atoms with Crippen LogP contribution in [0.1, 0.15) is 0 Å². The molecule has 13 heavy (non-hydrogen) atoms. The second-order valence-corrected chi connectivity index (χ2v) is 2.71. The monoisotopic (exact) mass is 179 g/mol. The zero-order valence-electron chi connectivity index (χ0n) is 7.74. The Morgan fingerprint density at radius 2 is 2.23 bits per heavy atom. The third kappa shape index (κ3) is 2.11. The Hall–Kier alpha value is -1.71. The number of nitrogens with two attached hydrogens (primary N) is 1. The van der Waals surface area contributed by atoms with E-state index in [1.165, 1.54) is 4.90 Å². The number of nitrogens with zero attached hydrogens (tertiary/aromatic N) is 1. The van der Waals surface area contributed by atoms with Crippen molar-refractivity contribution in [2.45, 2.75) is 0 Å². The number of carbonyl (C=O) groups is 1. The maximum Gasteiger partial charge on any atom is 0.321 e. The maximum atomic E-state index is 11.2. The first-order valence-corrected chi connectivity index (χ1v) is 3.96. The highest BCUT2D eigenvalue weighted by molar-refractivity contribution is 5.91. The van der Waals surface area contributed by atoms with Crippen LogP contribution in [0.15, 0.2) is 24.3 Å². The second-order valence-electron chi connectivity index (χ2n) is 2.71. The predicted molar refractivity (Wildman–Crippen MR) is 53.7 cm³/mol. The van der Waals surface area contributed by atoms with E-state index in [4.69, 9.17) is 5.73 Å². The molecular formula is C9H13N3O. The van der Waals surface area contributed by atoms with E-state index in [1.807, 2.05) is 12.1 Å². The van der Waals surface area contributed by atoms with E-state index in [-0.39, 0.29) is 6.03 Å². The molecule has 0 aliphatic carbocycles. The average molecular weight is 179 g/mol. The van der Waals surface area contributed by atoms with Gasteiger partial charge < -0.3 is 11.1 Å². The molecule has 1 rings (SSSR count). The van der Waals surface area contributed by atoms with Crippen LogP contribution in [0, 0.1) is 0 Å². The minimum atomic E-state index is -0.161. The molecule has 0 fully saturated rings. The van der Waals surface area contributed by atoms with E-state index in [0.29, 0.717) is 5.69 Å². The van der Waals surface area contributed by atoms with Gasteiger partial charge in [0.05, 0.1) is 0 Å². The third-order valence-electron chi connectivity index (χ3n) is 1.78. The molecule has 1 aromatic rings. The first kappa shape index (κ1) is 9.38. The molecule has 0 bridgehead atoms. The molecular weight excluding hydrogens is 166 g/mol. The fraction of sp³-hybridized carbons (Fsp3) is 0.222. The van der Waals surface area contributed by atoms with Crippen molar-refractivity contribution in [2.75, 3.05) is 24.7 Å². The van der Waals surface area contributed by atoms with Crippen molar-refractivity contribution >= 4 is 17.4 Å². The standard InChI is InChI=1S/C9H13N3O/c1-11-9(13)12(2)8-5-3-4-7(10)6-8/h3-6H,10H2,1-2H3,(H,11,13). The van der Waals surface area contributed by atoms with E-state index in [0.717, 1.165) is 5.69 Å². The zero-order valence-corrected chi connectivity index (χ0v) is 7.74. The van der Waals surface area contributed by atoms with Crippen LogP contribution in [0.2, 0.25) is 0 Å². The Kier molecular flexibility index (Phi) is 2.74. The quantitative estimate of drug-likeness (QED) is 0.633. The number of nitrogen functional groups attached to an aromatic ring is 1. The van der Waals surface area contributed by atoms with Gasteiger partial charge in [0, 0.05) is 25.5 Å². The van der Waals surface area contributed by atoms with Crippen molar-refractivity contribution in [2.24, 2.45) is 0 Å².